The van der Waals surface area contributed by atoms with Gasteiger partial charge in [-0.2, -0.15) is 0 Å². The van der Waals surface area contributed by atoms with Crippen molar-refractivity contribution in [3.05, 3.63) is 0 Å². The summed E-state index contributed by atoms with van der Waals surface area (Å²) >= 11 is 0. The number of halogens is 1. The summed E-state index contributed by atoms with van der Waals surface area (Å²) in [5, 5.41) is 12.3. The highest BCUT2D eigenvalue weighted by molar-refractivity contribution is 4.79. The number of hydrogen-bond donors (Lipinski definition) is 2. The molecule has 1 aliphatic heterocycles. The van der Waals surface area contributed by atoms with E-state index in [1.54, 1.807) is 0 Å². The number of nitrogens with zero attached hydrogens (tertiary/aromatic N) is 1. The number of aliphatic hydroxyl groups is 1. The van der Waals surface area contributed by atoms with Crippen LogP contribution < -0.4 is 5.32 Å². The molecule has 4 heteroatoms. The molecule has 0 aromatic heterocycles. The highest BCUT2D eigenvalue weighted by atomic mass is 19.1. The van der Waals surface area contributed by atoms with Crippen LogP contribution in [0, 0.1) is 0 Å². The maximum Gasteiger partial charge on any atom is 0.117 e. The van der Waals surface area contributed by atoms with Gasteiger partial charge in [-0.3, -0.25) is 4.90 Å². The van der Waals surface area contributed by atoms with Gasteiger partial charge in [-0.15, -0.1) is 0 Å². The second kappa shape index (κ2) is 4.74. The quantitative estimate of drug-likeness (QED) is 0.612. The van der Waals surface area contributed by atoms with Crippen molar-refractivity contribution < 1.29 is 9.50 Å². The maximum atomic E-state index is 11.9. The molecule has 1 heterocycles. The van der Waals surface area contributed by atoms with Crippen LogP contribution in [0.3, 0.4) is 0 Å². The molecule has 0 saturated carbocycles. The Morgan fingerprint density at radius 3 is 3.00 bits per heavy atom. The summed E-state index contributed by atoms with van der Waals surface area (Å²) in [5.41, 5.74) is 0. The summed E-state index contributed by atoms with van der Waals surface area (Å²) in [4.78, 5) is 2.02. The van der Waals surface area contributed by atoms with Crippen molar-refractivity contribution >= 4 is 0 Å². The van der Waals surface area contributed by atoms with E-state index in [0.717, 1.165) is 19.5 Å². The Morgan fingerprint density at radius 1 is 1.75 bits per heavy atom. The van der Waals surface area contributed by atoms with E-state index in [4.69, 9.17) is 5.11 Å². The van der Waals surface area contributed by atoms with Gasteiger partial charge in [0.25, 0.3) is 0 Å². The van der Waals surface area contributed by atoms with Crippen molar-refractivity contribution in [1.82, 2.24) is 10.2 Å². The molecule has 0 bridgehead atoms. The minimum absolute atomic E-state index is 0.433. The molecule has 2 atom stereocenters. The first kappa shape index (κ1) is 9.89. The first-order valence-electron chi connectivity index (χ1n) is 4.39. The van der Waals surface area contributed by atoms with Crippen LogP contribution in [0.5, 0.6) is 0 Å². The van der Waals surface area contributed by atoms with Gasteiger partial charge in [0.15, 0.2) is 0 Å². The number of aliphatic hydroxyl groups excluding tert-OH is 1. The van der Waals surface area contributed by atoms with Crippen molar-refractivity contribution in [2.24, 2.45) is 0 Å². The fourth-order valence-corrected chi connectivity index (χ4v) is 1.55. The number of alkyl halides is 1. The Bertz CT molecular complexity index is 128. The zero-order chi connectivity index (χ0) is 8.97. The van der Waals surface area contributed by atoms with Crippen LogP contribution in [0.1, 0.15) is 6.42 Å². The molecule has 1 saturated heterocycles. The smallest absolute Gasteiger partial charge is 0.117 e. The summed E-state index contributed by atoms with van der Waals surface area (Å²) in [6.07, 6.45) is 0.269. The van der Waals surface area contributed by atoms with Gasteiger partial charge in [-0.1, -0.05) is 0 Å². The molecule has 0 radical (unpaired) electrons. The zero-order valence-corrected chi connectivity index (χ0v) is 7.46. The number of hydrogen-bond acceptors (Lipinski definition) is 3. The van der Waals surface area contributed by atoms with Crippen LogP contribution in [0.15, 0.2) is 0 Å². The van der Waals surface area contributed by atoms with Gasteiger partial charge in [-0.05, 0) is 20.0 Å². The first-order chi connectivity index (χ1) is 5.74. The molecule has 2 unspecified atom stereocenters. The van der Waals surface area contributed by atoms with E-state index in [9.17, 15) is 4.39 Å². The zero-order valence-electron chi connectivity index (χ0n) is 7.46. The SMILES string of the molecule is CN(CC(O)CF)C1CCNC1. The average molecular weight is 176 g/mol. The summed E-state index contributed by atoms with van der Waals surface area (Å²) in [6.45, 7) is 1.77. The van der Waals surface area contributed by atoms with Crippen molar-refractivity contribution in [3.8, 4) is 0 Å². The minimum Gasteiger partial charge on any atom is -0.389 e. The third-order valence-corrected chi connectivity index (χ3v) is 2.33. The largest absolute Gasteiger partial charge is 0.389 e. The normalized spacial score (nSPS) is 26.5. The number of nitrogens with one attached hydrogen (secondary N) is 1. The molecule has 12 heavy (non-hydrogen) atoms. The fraction of sp³-hybridized carbons (Fsp3) is 1.00. The molecular weight excluding hydrogens is 159 g/mol. The summed E-state index contributed by atoms with van der Waals surface area (Å²) in [6, 6.07) is 0.464. The van der Waals surface area contributed by atoms with Gasteiger partial charge in [0.1, 0.15) is 6.67 Å². The van der Waals surface area contributed by atoms with E-state index in [1.165, 1.54) is 0 Å². The van der Waals surface area contributed by atoms with E-state index in [0.29, 0.717) is 12.6 Å². The van der Waals surface area contributed by atoms with Crippen molar-refractivity contribution in [1.29, 1.82) is 0 Å². The van der Waals surface area contributed by atoms with Crippen molar-refractivity contribution in [3.63, 3.8) is 0 Å². The molecule has 0 amide bonds. The van der Waals surface area contributed by atoms with Crippen LogP contribution >= 0.6 is 0 Å². The molecule has 3 nitrogen and oxygen atoms in total. The second-order valence-electron chi connectivity index (χ2n) is 3.39. The predicted molar refractivity (Wildman–Crippen MR) is 45.9 cm³/mol. The molecule has 0 aromatic carbocycles. The Hall–Kier alpha value is -0.190. The molecule has 72 valence electrons. The molecule has 0 spiro atoms. The van der Waals surface area contributed by atoms with Gasteiger partial charge in [-0.25, -0.2) is 4.39 Å². The fourth-order valence-electron chi connectivity index (χ4n) is 1.55. The molecule has 1 aliphatic rings. The van der Waals surface area contributed by atoms with E-state index in [1.807, 2.05) is 11.9 Å². The molecule has 1 fully saturated rings. The Kier molecular flexibility index (Phi) is 3.91. The standard InChI is InChI=1S/C8H17FN2O/c1-11(6-8(12)4-9)7-2-3-10-5-7/h7-8,10,12H,2-6H2,1H3. The third kappa shape index (κ3) is 2.69. The van der Waals surface area contributed by atoms with Crippen molar-refractivity contribution in [2.45, 2.75) is 18.6 Å². The average Bonchev–Trinajstić information content (AvgIpc) is 2.56. The van der Waals surface area contributed by atoms with Crippen LogP contribution in [-0.2, 0) is 0 Å². The number of rotatable bonds is 4. The summed E-state index contributed by atoms with van der Waals surface area (Å²) in [5.74, 6) is 0. The van der Waals surface area contributed by atoms with Crippen LogP contribution in [0.25, 0.3) is 0 Å². The van der Waals surface area contributed by atoms with Gasteiger partial charge in [0.2, 0.25) is 0 Å². The lowest BCUT2D eigenvalue weighted by atomic mass is 10.2. The summed E-state index contributed by atoms with van der Waals surface area (Å²) in [7, 11) is 1.93. The molecular formula is C8H17FN2O. The van der Waals surface area contributed by atoms with Gasteiger partial charge >= 0.3 is 0 Å². The molecule has 2 N–H and O–H groups in total. The lowest BCUT2D eigenvalue weighted by Gasteiger charge is -2.24. The van der Waals surface area contributed by atoms with Crippen LogP contribution in [0.4, 0.5) is 4.39 Å². The lowest BCUT2D eigenvalue weighted by Crippen LogP contribution is -2.39. The summed E-state index contributed by atoms with van der Waals surface area (Å²) < 4.78 is 11.9. The lowest BCUT2D eigenvalue weighted by molar-refractivity contribution is 0.0863. The maximum absolute atomic E-state index is 11.9. The Balaban J connectivity index is 2.21. The van der Waals surface area contributed by atoms with E-state index >= 15 is 0 Å². The highest BCUT2D eigenvalue weighted by Gasteiger charge is 2.20. The second-order valence-corrected chi connectivity index (χ2v) is 3.39. The van der Waals surface area contributed by atoms with E-state index in [2.05, 4.69) is 5.32 Å². The monoisotopic (exact) mass is 176 g/mol. The highest BCUT2D eigenvalue weighted by Crippen LogP contribution is 2.06. The van der Waals surface area contributed by atoms with E-state index < -0.39 is 12.8 Å². The van der Waals surface area contributed by atoms with Gasteiger partial charge in [0, 0.05) is 19.1 Å². The molecule has 0 aliphatic carbocycles. The van der Waals surface area contributed by atoms with Gasteiger partial charge < -0.3 is 10.4 Å². The van der Waals surface area contributed by atoms with Gasteiger partial charge in [0.05, 0.1) is 6.10 Å². The van der Waals surface area contributed by atoms with Crippen LogP contribution in [0.2, 0.25) is 0 Å². The Morgan fingerprint density at radius 2 is 2.50 bits per heavy atom. The van der Waals surface area contributed by atoms with Crippen LogP contribution in [-0.4, -0.2) is 55.5 Å². The number of likely N-dealkylation sites (N-methyl/N-ethyl adjacent to an activating group) is 1. The molecule has 0 aromatic rings. The van der Waals surface area contributed by atoms with E-state index in [-0.39, 0.29) is 0 Å². The topological polar surface area (TPSA) is 35.5 Å². The van der Waals surface area contributed by atoms with Crippen molar-refractivity contribution in [2.75, 3.05) is 33.4 Å². The minimum atomic E-state index is -0.824. The molecule has 1 rings (SSSR count). The Labute approximate surface area is 72.6 Å². The first-order valence-corrected chi connectivity index (χ1v) is 4.39. The predicted octanol–water partition coefficient (Wildman–Crippen LogP) is -0.389. The third-order valence-electron chi connectivity index (χ3n) is 2.33.